The zero-order valence-corrected chi connectivity index (χ0v) is 10.4. The standard InChI is InChI=1S/C14H15F2N3/c15-11-3-8(5-17)4-12(16)14(11)19-6-9-1-2-13(18)10(9)7-19/h3-4,9-10,13H,1-2,6-7,18H2. The van der Waals surface area contributed by atoms with Gasteiger partial charge in [0.25, 0.3) is 0 Å². The SMILES string of the molecule is N#Cc1cc(F)c(N2CC3CCC(N)C3C2)c(F)c1. The minimum absolute atomic E-state index is 0.00911. The Kier molecular flexibility index (Phi) is 2.90. The van der Waals surface area contributed by atoms with E-state index in [0.717, 1.165) is 25.0 Å². The minimum atomic E-state index is -0.662. The van der Waals surface area contributed by atoms with Crippen molar-refractivity contribution in [1.82, 2.24) is 0 Å². The van der Waals surface area contributed by atoms with Crippen LogP contribution >= 0.6 is 0 Å². The van der Waals surface area contributed by atoms with E-state index in [1.165, 1.54) is 0 Å². The van der Waals surface area contributed by atoms with Crippen molar-refractivity contribution in [2.24, 2.45) is 17.6 Å². The highest BCUT2D eigenvalue weighted by atomic mass is 19.1. The largest absolute Gasteiger partial charge is 0.366 e. The summed E-state index contributed by atoms with van der Waals surface area (Å²) in [5.41, 5.74) is 6.02. The number of nitriles is 1. The lowest BCUT2D eigenvalue weighted by Crippen LogP contribution is -2.30. The van der Waals surface area contributed by atoms with Gasteiger partial charge in [0.15, 0.2) is 11.6 Å². The Morgan fingerprint density at radius 2 is 1.89 bits per heavy atom. The number of rotatable bonds is 1. The number of benzene rings is 1. The number of fused-ring (bicyclic) bond motifs is 1. The summed E-state index contributed by atoms with van der Waals surface area (Å²) in [6.07, 6.45) is 2.03. The summed E-state index contributed by atoms with van der Waals surface area (Å²) in [5, 5.41) is 8.70. The molecule has 3 unspecified atom stereocenters. The Labute approximate surface area is 110 Å². The van der Waals surface area contributed by atoms with Crippen LogP contribution in [0.25, 0.3) is 0 Å². The Morgan fingerprint density at radius 3 is 2.47 bits per heavy atom. The van der Waals surface area contributed by atoms with Crippen LogP contribution in [0.5, 0.6) is 0 Å². The molecule has 1 aliphatic heterocycles. The number of nitrogens with zero attached hydrogens (tertiary/aromatic N) is 2. The lowest BCUT2D eigenvalue weighted by molar-refractivity contribution is 0.453. The summed E-state index contributed by atoms with van der Waals surface area (Å²) in [6, 6.07) is 4.07. The van der Waals surface area contributed by atoms with Crippen molar-refractivity contribution in [3.8, 4) is 6.07 Å². The van der Waals surface area contributed by atoms with Crippen LogP contribution < -0.4 is 10.6 Å². The predicted octanol–water partition coefficient (Wildman–Crippen LogP) is 2.01. The van der Waals surface area contributed by atoms with Gasteiger partial charge in [0.1, 0.15) is 5.69 Å². The van der Waals surface area contributed by atoms with Crippen molar-refractivity contribution in [2.45, 2.75) is 18.9 Å². The van der Waals surface area contributed by atoms with Crippen LogP contribution in [-0.2, 0) is 0 Å². The highest BCUT2D eigenvalue weighted by molar-refractivity contribution is 5.53. The fourth-order valence-electron chi connectivity index (χ4n) is 3.42. The van der Waals surface area contributed by atoms with E-state index < -0.39 is 11.6 Å². The van der Waals surface area contributed by atoms with E-state index in [1.54, 1.807) is 11.0 Å². The molecular weight excluding hydrogens is 248 g/mol. The maximum absolute atomic E-state index is 14.0. The topological polar surface area (TPSA) is 53.0 Å². The molecule has 3 atom stereocenters. The van der Waals surface area contributed by atoms with Crippen LogP contribution in [0.3, 0.4) is 0 Å². The molecule has 0 spiro atoms. The van der Waals surface area contributed by atoms with Gasteiger partial charge in [-0.3, -0.25) is 0 Å². The van der Waals surface area contributed by atoms with Crippen molar-refractivity contribution in [1.29, 1.82) is 5.26 Å². The molecule has 1 aliphatic carbocycles. The van der Waals surface area contributed by atoms with Crippen LogP contribution in [0.1, 0.15) is 18.4 Å². The van der Waals surface area contributed by atoms with Gasteiger partial charge in [-0.2, -0.15) is 5.26 Å². The average Bonchev–Trinajstić information content (AvgIpc) is 2.91. The summed E-state index contributed by atoms with van der Waals surface area (Å²) in [6.45, 7) is 1.25. The summed E-state index contributed by atoms with van der Waals surface area (Å²) in [7, 11) is 0. The molecule has 5 heteroatoms. The van der Waals surface area contributed by atoms with Crippen LogP contribution in [0.15, 0.2) is 12.1 Å². The van der Waals surface area contributed by atoms with Crippen molar-refractivity contribution in [2.75, 3.05) is 18.0 Å². The van der Waals surface area contributed by atoms with Crippen LogP contribution in [0, 0.1) is 34.8 Å². The maximum Gasteiger partial charge on any atom is 0.150 e. The van der Waals surface area contributed by atoms with Crippen molar-refractivity contribution in [3.63, 3.8) is 0 Å². The first kappa shape index (κ1) is 12.4. The number of halogens is 2. The Hall–Kier alpha value is -1.67. The fourth-order valence-corrected chi connectivity index (χ4v) is 3.42. The summed E-state index contributed by atoms with van der Waals surface area (Å²) in [5.74, 6) is -0.561. The van der Waals surface area contributed by atoms with Gasteiger partial charge < -0.3 is 10.6 Å². The van der Waals surface area contributed by atoms with E-state index in [2.05, 4.69) is 0 Å². The van der Waals surface area contributed by atoms with Gasteiger partial charge in [-0.15, -0.1) is 0 Å². The quantitative estimate of drug-likeness (QED) is 0.843. The lowest BCUT2D eigenvalue weighted by Gasteiger charge is -2.22. The van der Waals surface area contributed by atoms with Crippen LogP contribution in [0.4, 0.5) is 14.5 Å². The smallest absolute Gasteiger partial charge is 0.150 e. The van der Waals surface area contributed by atoms with Crippen molar-refractivity contribution in [3.05, 3.63) is 29.3 Å². The van der Waals surface area contributed by atoms with E-state index in [9.17, 15) is 8.78 Å². The molecule has 1 saturated heterocycles. The van der Waals surface area contributed by atoms with Gasteiger partial charge in [0, 0.05) is 19.1 Å². The summed E-state index contributed by atoms with van der Waals surface area (Å²) >= 11 is 0. The number of nitrogens with two attached hydrogens (primary N) is 1. The Bertz CT molecular complexity index is 529. The lowest BCUT2D eigenvalue weighted by atomic mass is 9.98. The molecule has 0 aromatic heterocycles. The first-order chi connectivity index (χ1) is 9.10. The van der Waals surface area contributed by atoms with Gasteiger partial charge in [0.2, 0.25) is 0 Å². The van der Waals surface area contributed by atoms with E-state index >= 15 is 0 Å². The normalized spacial score (nSPS) is 29.4. The second kappa shape index (κ2) is 4.46. The molecule has 1 aromatic carbocycles. The third-order valence-electron chi connectivity index (χ3n) is 4.37. The maximum atomic E-state index is 14.0. The van der Waals surface area contributed by atoms with E-state index in [1.807, 2.05) is 0 Å². The third kappa shape index (κ3) is 1.96. The molecule has 1 aromatic rings. The van der Waals surface area contributed by atoms with Gasteiger partial charge in [-0.1, -0.05) is 0 Å². The molecule has 19 heavy (non-hydrogen) atoms. The zero-order chi connectivity index (χ0) is 13.6. The fraction of sp³-hybridized carbons (Fsp3) is 0.500. The second-order valence-electron chi connectivity index (χ2n) is 5.47. The molecule has 1 saturated carbocycles. The number of hydrogen-bond donors (Lipinski definition) is 1. The Balaban J connectivity index is 1.91. The molecule has 3 nitrogen and oxygen atoms in total. The molecule has 2 aliphatic rings. The number of hydrogen-bond acceptors (Lipinski definition) is 3. The molecule has 100 valence electrons. The van der Waals surface area contributed by atoms with Crippen molar-refractivity contribution >= 4 is 5.69 Å². The van der Waals surface area contributed by atoms with Gasteiger partial charge in [-0.05, 0) is 36.8 Å². The molecule has 1 heterocycles. The molecule has 0 bridgehead atoms. The second-order valence-corrected chi connectivity index (χ2v) is 5.47. The molecular formula is C14H15F2N3. The monoisotopic (exact) mass is 263 g/mol. The highest BCUT2D eigenvalue weighted by Crippen LogP contribution is 2.40. The summed E-state index contributed by atoms with van der Waals surface area (Å²) in [4.78, 5) is 1.74. The predicted molar refractivity (Wildman–Crippen MR) is 67.5 cm³/mol. The zero-order valence-electron chi connectivity index (χ0n) is 10.4. The van der Waals surface area contributed by atoms with E-state index in [-0.39, 0.29) is 17.3 Å². The average molecular weight is 263 g/mol. The van der Waals surface area contributed by atoms with Gasteiger partial charge in [-0.25, -0.2) is 8.78 Å². The minimum Gasteiger partial charge on any atom is -0.366 e. The third-order valence-corrected chi connectivity index (χ3v) is 4.37. The van der Waals surface area contributed by atoms with Crippen LogP contribution in [-0.4, -0.2) is 19.1 Å². The highest BCUT2D eigenvalue weighted by Gasteiger charge is 2.42. The van der Waals surface area contributed by atoms with E-state index in [0.29, 0.717) is 24.9 Å². The summed E-state index contributed by atoms with van der Waals surface area (Å²) < 4.78 is 27.9. The molecule has 3 rings (SSSR count). The van der Waals surface area contributed by atoms with Crippen molar-refractivity contribution < 1.29 is 8.78 Å². The number of anilines is 1. The van der Waals surface area contributed by atoms with Crippen LogP contribution in [0.2, 0.25) is 0 Å². The molecule has 0 amide bonds. The Morgan fingerprint density at radius 1 is 1.21 bits per heavy atom. The first-order valence-corrected chi connectivity index (χ1v) is 6.50. The van der Waals surface area contributed by atoms with Gasteiger partial charge in [0.05, 0.1) is 11.6 Å². The molecule has 2 fully saturated rings. The van der Waals surface area contributed by atoms with E-state index in [4.69, 9.17) is 11.0 Å². The molecule has 0 radical (unpaired) electrons. The molecule has 2 N–H and O–H groups in total. The first-order valence-electron chi connectivity index (χ1n) is 6.50. The van der Waals surface area contributed by atoms with Gasteiger partial charge >= 0.3 is 0 Å².